The van der Waals surface area contributed by atoms with Gasteiger partial charge >= 0.3 is 6.36 Å². The summed E-state index contributed by atoms with van der Waals surface area (Å²) in [6.07, 6.45) is -4.78. The van der Waals surface area contributed by atoms with Gasteiger partial charge in [0.25, 0.3) is 0 Å². The first-order chi connectivity index (χ1) is 11.3. The number of para-hydroxylation sites is 1. The Bertz CT molecular complexity index is 872. The number of rotatable bonds is 3. The summed E-state index contributed by atoms with van der Waals surface area (Å²) >= 11 is 0. The van der Waals surface area contributed by atoms with E-state index in [4.69, 9.17) is 0 Å². The molecule has 0 aliphatic heterocycles. The Morgan fingerprint density at radius 3 is 2.54 bits per heavy atom. The van der Waals surface area contributed by atoms with Crippen LogP contribution in [0.2, 0.25) is 0 Å². The van der Waals surface area contributed by atoms with E-state index in [9.17, 15) is 18.3 Å². The van der Waals surface area contributed by atoms with E-state index in [1.807, 2.05) is 6.92 Å². The number of halogens is 3. The quantitative estimate of drug-likeness (QED) is 0.732. The molecule has 0 saturated heterocycles. The Kier molecular flexibility index (Phi) is 3.92. The zero-order chi connectivity index (χ0) is 17.3. The molecule has 7 heteroatoms. The van der Waals surface area contributed by atoms with E-state index in [1.165, 1.54) is 18.2 Å². The third-order valence-corrected chi connectivity index (χ3v) is 3.41. The number of aromatic amines is 1. The number of hydrogen-bond donors (Lipinski definition) is 2. The normalized spacial score (nSPS) is 11.5. The number of ether oxygens (including phenoxy) is 1. The van der Waals surface area contributed by atoms with Crippen LogP contribution in [0.25, 0.3) is 22.5 Å². The van der Waals surface area contributed by atoms with E-state index in [-0.39, 0.29) is 17.1 Å². The molecule has 0 saturated carbocycles. The lowest BCUT2D eigenvalue weighted by molar-refractivity contribution is -0.274. The summed E-state index contributed by atoms with van der Waals surface area (Å²) in [4.78, 5) is 0. The largest absolute Gasteiger partial charge is 0.573 e. The molecule has 0 radical (unpaired) electrons. The lowest BCUT2D eigenvalue weighted by Crippen LogP contribution is -2.17. The molecule has 0 bridgehead atoms. The van der Waals surface area contributed by atoms with E-state index in [0.717, 1.165) is 5.56 Å². The zero-order valence-electron chi connectivity index (χ0n) is 12.6. The Morgan fingerprint density at radius 2 is 1.79 bits per heavy atom. The summed E-state index contributed by atoms with van der Waals surface area (Å²) in [6.45, 7) is 1.86. The van der Waals surface area contributed by atoms with E-state index in [0.29, 0.717) is 17.0 Å². The second-order valence-corrected chi connectivity index (χ2v) is 5.23. The molecule has 0 fully saturated rings. The van der Waals surface area contributed by atoms with Gasteiger partial charge < -0.3 is 9.84 Å². The van der Waals surface area contributed by atoms with Crippen molar-refractivity contribution in [3.8, 4) is 34.0 Å². The van der Waals surface area contributed by atoms with Gasteiger partial charge in [-0.1, -0.05) is 23.8 Å². The number of nitrogens with zero attached hydrogens (tertiary/aromatic N) is 1. The van der Waals surface area contributed by atoms with Crippen LogP contribution in [-0.2, 0) is 0 Å². The third kappa shape index (κ3) is 3.34. The van der Waals surface area contributed by atoms with Crippen molar-refractivity contribution in [2.24, 2.45) is 0 Å². The van der Waals surface area contributed by atoms with Crippen LogP contribution in [0.5, 0.6) is 11.5 Å². The number of nitrogens with one attached hydrogen (secondary N) is 1. The molecule has 2 aromatic carbocycles. The number of hydrogen-bond acceptors (Lipinski definition) is 3. The van der Waals surface area contributed by atoms with E-state index in [1.54, 1.807) is 30.3 Å². The Morgan fingerprint density at radius 1 is 1.04 bits per heavy atom. The van der Waals surface area contributed by atoms with Crippen LogP contribution in [-0.4, -0.2) is 21.7 Å². The van der Waals surface area contributed by atoms with Crippen molar-refractivity contribution >= 4 is 0 Å². The summed E-state index contributed by atoms with van der Waals surface area (Å²) < 4.78 is 41.6. The summed E-state index contributed by atoms with van der Waals surface area (Å²) in [5.74, 6) is -0.285. The highest BCUT2D eigenvalue weighted by molar-refractivity contribution is 5.75. The molecule has 124 valence electrons. The van der Waals surface area contributed by atoms with Crippen LogP contribution in [0.15, 0.2) is 48.5 Å². The molecular weight excluding hydrogens is 321 g/mol. The number of benzene rings is 2. The molecule has 0 amide bonds. The molecular formula is C17H13F3N2O2. The Balaban J connectivity index is 2.01. The van der Waals surface area contributed by atoms with Gasteiger partial charge in [0.05, 0.1) is 11.4 Å². The molecule has 1 aromatic heterocycles. The van der Waals surface area contributed by atoms with Crippen molar-refractivity contribution < 1.29 is 23.0 Å². The summed E-state index contributed by atoms with van der Waals surface area (Å²) in [7, 11) is 0. The van der Waals surface area contributed by atoms with Gasteiger partial charge in [0.15, 0.2) is 0 Å². The van der Waals surface area contributed by atoms with Crippen LogP contribution in [0, 0.1) is 6.92 Å². The number of alkyl halides is 3. The van der Waals surface area contributed by atoms with Gasteiger partial charge in [0.2, 0.25) is 0 Å². The monoisotopic (exact) mass is 334 g/mol. The maximum absolute atomic E-state index is 12.5. The average molecular weight is 334 g/mol. The maximum atomic E-state index is 12.5. The van der Waals surface area contributed by atoms with Gasteiger partial charge in [0.1, 0.15) is 11.5 Å². The first kappa shape index (κ1) is 15.9. The van der Waals surface area contributed by atoms with Gasteiger partial charge in [-0.05, 0) is 37.3 Å². The number of phenolic OH excluding ortho intramolecular Hbond substituents is 1. The van der Waals surface area contributed by atoms with Gasteiger partial charge in [0, 0.05) is 11.1 Å². The Hall–Kier alpha value is -2.96. The molecule has 24 heavy (non-hydrogen) atoms. The maximum Gasteiger partial charge on any atom is 0.573 e. The molecule has 0 atom stereocenters. The van der Waals surface area contributed by atoms with E-state index < -0.39 is 6.36 Å². The van der Waals surface area contributed by atoms with Crippen molar-refractivity contribution in [3.05, 3.63) is 54.1 Å². The summed E-state index contributed by atoms with van der Waals surface area (Å²) in [5.41, 5.74) is 2.42. The fourth-order valence-corrected chi connectivity index (χ4v) is 2.36. The van der Waals surface area contributed by atoms with Crippen LogP contribution in [0.4, 0.5) is 13.2 Å². The van der Waals surface area contributed by atoms with Crippen LogP contribution in [0.3, 0.4) is 0 Å². The lowest BCUT2D eigenvalue weighted by Gasteiger charge is -2.11. The van der Waals surface area contributed by atoms with Gasteiger partial charge in [-0.25, -0.2) is 0 Å². The van der Waals surface area contributed by atoms with Crippen LogP contribution in [0.1, 0.15) is 5.56 Å². The second-order valence-electron chi connectivity index (χ2n) is 5.23. The molecule has 0 aliphatic rings. The molecule has 3 rings (SSSR count). The van der Waals surface area contributed by atoms with Crippen molar-refractivity contribution in [1.82, 2.24) is 10.2 Å². The van der Waals surface area contributed by atoms with E-state index >= 15 is 0 Å². The highest BCUT2D eigenvalue weighted by atomic mass is 19.4. The molecule has 4 nitrogen and oxygen atoms in total. The predicted molar refractivity (Wildman–Crippen MR) is 82.5 cm³/mol. The third-order valence-electron chi connectivity index (χ3n) is 3.41. The average Bonchev–Trinajstić information content (AvgIpc) is 2.98. The zero-order valence-corrected chi connectivity index (χ0v) is 12.6. The minimum Gasteiger partial charge on any atom is -0.507 e. The highest BCUT2D eigenvalue weighted by Crippen LogP contribution is 2.35. The van der Waals surface area contributed by atoms with Crippen LogP contribution < -0.4 is 4.74 Å². The van der Waals surface area contributed by atoms with Crippen molar-refractivity contribution in [2.75, 3.05) is 0 Å². The minimum atomic E-state index is -4.78. The van der Waals surface area contributed by atoms with Crippen molar-refractivity contribution in [1.29, 1.82) is 0 Å². The first-order valence-corrected chi connectivity index (χ1v) is 7.04. The van der Waals surface area contributed by atoms with Gasteiger partial charge in [-0.2, -0.15) is 5.10 Å². The SMILES string of the molecule is Cc1ccc(O)c(-c2cc(-c3ccccc3OC(F)(F)F)[nH]n2)c1. The Labute approximate surface area is 135 Å². The fourth-order valence-electron chi connectivity index (χ4n) is 2.36. The number of aromatic nitrogens is 2. The molecule has 0 unspecified atom stereocenters. The molecule has 0 aliphatic carbocycles. The number of H-pyrrole nitrogens is 1. The van der Waals surface area contributed by atoms with Crippen molar-refractivity contribution in [3.63, 3.8) is 0 Å². The molecule has 2 N–H and O–H groups in total. The highest BCUT2D eigenvalue weighted by Gasteiger charge is 2.32. The topological polar surface area (TPSA) is 58.1 Å². The standard InChI is InChI=1S/C17H13F3N2O2/c1-10-6-7-15(23)12(8-10)14-9-13(21-22-14)11-4-2-3-5-16(11)24-17(18,19)20/h2-9,23H,1H3,(H,21,22). The van der Waals surface area contributed by atoms with Crippen molar-refractivity contribution in [2.45, 2.75) is 13.3 Å². The molecule has 0 spiro atoms. The number of aromatic hydroxyl groups is 1. The van der Waals surface area contributed by atoms with Crippen LogP contribution >= 0.6 is 0 Å². The summed E-state index contributed by atoms with van der Waals surface area (Å²) in [5, 5.41) is 16.7. The van der Waals surface area contributed by atoms with Gasteiger partial charge in [-0.3, -0.25) is 5.10 Å². The minimum absolute atomic E-state index is 0.0403. The second kappa shape index (κ2) is 5.92. The molecule has 3 aromatic rings. The smallest absolute Gasteiger partial charge is 0.507 e. The van der Waals surface area contributed by atoms with E-state index in [2.05, 4.69) is 14.9 Å². The summed E-state index contributed by atoms with van der Waals surface area (Å²) in [6, 6.07) is 12.4. The lowest BCUT2D eigenvalue weighted by atomic mass is 10.1. The predicted octanol–water partition coefficient (Wildman–Crippen LogP) is 4.66. The number of aryl methyl sites for hydroxylation is 1. The molecule has 1 heterocycles. The number of phenols is 1. The first-order valence-electron chi connectivity index (χ1n) is 7.04. The fraction of sp³-hybridized carbons (Fsp3) is 0.118. The van der Waals surface area contributed by atoms with Gasteiger partial charge in [-0.15, -0.1) is 13.2 Å².